The largest absolute Gasteiger partial charge is 0.462 e. The predicted octanol–water partition coefficient (Wildman–Crippen LogP) is 7.44. The average Bonchev–Trinajstić information content (AvgIpc) is 3.18. The monoisotopic (exact) mass is 1350 g/mol. The first-order valence-electron chi connectivity index (χ1n) is 28.7. The number of hydrogen-bond acceptors (Lipinski definition) is 12. The smallest absolute Gasteiger partial charge is 0.333 e. The van der Waals surface area contributed by atoms with Gasteiger partial charge in [0, 0.05) is 15.1 Å². The van der Waals surface area contributed by atoms with Gasteiger partial charge in [0.1, 0.15) is 68.3 Å². The molecule has 0 fully saturated rings. The molecule has 0 heterocycles. The summed E-state index contributed by atoms with van der Waals surface area (Å²) in [6.45, 7) is 58.7. The quantitative estimate of drug-likeness (QED) is 0.0241. The van der Waals surface area contributed by atoms with Gasteiger partial charge in [0.2, 0.25) is 0 Å². The van der Waals surface area contributed by atoms with Gasteiger partial charge in [-0.3, -0.25) is 0 Å². The molecular weight excluding hydrogens is 1230 g/mol. The van der Waals surface area contributed by atoms with Crippen LogP contribution in [0.3, 0.4) is 0 Å². The van der Waals surface area contributed by atoms with Gasteiger partial charge >= 0.3 is 5.97 Å². The van der Waals surface area contributed by atoms with E-state index in [2.05, 4.69) is 157 Å². The van der Waals surface area contributed by atoms with E-state index in [9.17, 15) is 19.2 Å². The number of hydrogen-bond donors (Lipinski definition) is 3. The van der Waals surface area contributed by atoms with Crippen LogP contribution < -0.4 is 0 Å². The van der Waals surface area contributed by atoms with E-state index in [4.69, 9.17) is 33.5 Å². The van der Waals surface area contributed by atoms with Crippen LogP contribution in [0, 0.1) is 0 Å². The number of carbonyl (C=O) groups excluding carboxylic acids is 1. The number of esters is 1. The van der Waals surface area contributed by atoms with Crippen molar-refractivity contribution in [2.24, 2.45) is 0 Å². The molecule has 0 aromatic carbocycles. The maximum absolute atomic E-state index is 12.4. The van der Waals surface area contributed by atoms with Gasteiger partial charge in [0.15, 0.2) is 83.2 Å². The Kier molecular flexibility index (Phi) is 35.1. The second-order valence-corrected chi connectivity index (χ2v) is 87.8. The van der Waals surface area contributed by atoms with E-state index in [-0.39, 0.29) is 17.1 Å². The van der Waals surface area contributed by atoms with E-state index >= 15 is 0 Å². The van der Waals surface area contributed by atoms with Crippen molar-refractivity contribution in [1.82, 2.24) is 0 Å². The van der Waals surface area contributed by atoms with Crippen LogP contribution in [0.1, 0.15) is 13.3 Å². The van der Waals surface area contributed by atoms with Gasteiger partial charge in [-0.05, 0) is 246 Å². The molecule has 0 spiro atoms. The minimum atomic E-state index is -2.67. The van der Waals surface area contributed by atoms with Gasteiger partial charge in [0.25, 0.3) is 0 Å². The van der Waals surface area contributed by atoms with Gasteiger partial charge in [-0.1, -0.05) is 12.6 Å². The lowest BCUT2D eigenvalue weighted by atomic mass is 10.3. The van der Waals surface area contributed by atoms with Crippen molar-refractivity contribution in [2.75, 3.05) is 6.61 Å². The SMILES string of the molecule is C=C(C)C(=O)OCCC[SiH2]O[Si](C)(C)CC[SiH2]C(C[SiH2]O[Si](C)(C)C(C[SiH2]O[Si](C)(C)C)C(C[SiH2]O[Si](C)(C)C(C[SiH2]O[Si](C)(C)C)C(C[SiH2]O[Si](C)(C)CC[SiH2]O[Si](C)(C)C)[Si](C)(C)O)[Si](C)(C)O)[Si](C)(C)O. The zero-order valence-electron chi connectivity index (χ0n) is 52.8. The summed E-state index contributed by atoms with van der Waals surface area (Å²) in [6.07, 6.45) is 0.848. The minimum absolute atomic E-state index is 0.193. The Morgan fingerprint density at radius 1 is 0.432 bits per heavy atom. The molecule has 0 bridgehead atoms. The molecule has 30 heteroatoms. The first kappa shape index (κ1) is 76.7. The molecule has 0 aliphatic carbocycles. The molecule has 3 N–H and O–H groups in total. The fraction of sp³-hybridized carbons (Fsp3) is 0.932. The van der Waals surface area contributed by atoms with E-state index < -0.39 is 161 Å². The Labute approximate surface area is 486 Å². The van der Waals surface area contributed by atoms with Crippen molar-refractivity contribution in [1.29, 1.82) is 0 Å². The summed E-state index contributed by atoms with van der Waals surface area (Å²) in [6, 6.07) is 10.9. The number of carbonyl (C=O) groups is 1. The molecule has 5 atom stereocenters. The summed E-state index contributed by atoms with van der Waals surface area (Å²) in [5, 5.41) is 0.437. The van der Waals surface area contributed by atoms with Crippen molar-refractivity contribution in [3.63, 3.8) is 0 Å². The van der Waals surface area contributed by atoms with Crippen molar-refractivity contribution in [3.8, 4) is 0 Å². The van der Waals surface area contributed by atoms with Gasteiger partial charge in [-0.15, -0.1) is 0 Å². The fourth-order valence-electron chi connectivity index (χ4n) is 10.2. The van der Waals surface area contributed by atoms with E-state index in [1.165, 1.54) is 18.1 Å². The van der Waals surface area contributed by atoms with Crippen LogP contribution in [0.15, 0.2) is 12.2 Å². The molecule has 0 aliphatic heterocycles. The van der Waals surface area contributed by atoms with Crippen LogP contribution in [0.4, 0.5) is 0 Å². The molecule has 0 aromatic rings. The third-order valence-electron chi connectivity index (χ3n) is 14.7. The molecule has 0 amide bonds. The van der Waals surface area contributed by atoms with Gasteiger partial charge < -0.3 is 47.9 Å². The lowest BCUT2D eigenvalue weighted by molar-refractivity contribution is -0.138. The van der Waals surface area contributed by atoms with Gasteiger partial charge in [-0.25, -0.2) is 4.79 Å². The van der Waals surface area contributed by atoms with Crippen LogP contribution in [0.25, 0.3) is 0 Å². The highest BCUT2D eigenvalue weighted by Gasteiger charge is 2.49. The molecule has 74 heavy (non-hydrogen) atoms. The second-order valence-electron chi connectivity index (χ2n) is 28.6. The normalized spacial score (nSPS) is 17.6. The summed E-state index contributed by atoms with van der Waals surface area (Å²) in [5.74, 6) is -0.313. The first-order valence-corrected chi connectivity index (χ1v) is 73.0. The second kappa shape index (κ2) is 33.9. The summed E-state index contributed by atoms with van der Waals surface area (Å²) in [7, 11) is -26.9. The number of rotatable bonds is 43. The van der Waals surface area contributed by atoms with Crippen LogP contribution in [-0.4, -0.2) is 188 Å². The predicted molar refractivity (Wildman–Crippen MR) is 372 cm³/mol. The summed E-state index contributed by atoms with van der Waals surface area (Å²) < 4.78 is 53.5. The van der Waals surface area contributed by atoms with Crippen LogP contribution >= 0.6 is 0 Å². The molecule has 0 aromatic heterocycles. The fourth-order valence-corrected chi connectivity index (χ4v) is 76.3. The lowest BCUT2D eigenvalue weighted by Gasteiger charge is -2.45. The van der Waals surface area contributed by atoms with Crippen LogP contribution in [-0.2, 0) is 38.3 Å². The van der Waals surface area contributed by atoms with E-state index in [1.807, 2.05) is 0 Å². The molecule has 12 nitrogen and oxygen atoms in total. The molecule has 0 rings (SSSR count). The van der Waals surface area contributed by atoms with Crippen LogP contribution in [0.5, 0.6) is 0 Å². The molecular formula is C44H122O12Si18. The van der Waals surface area contributed by atoms with Crippen molar-refractivity contribution < 1.29 is 52.7 Å². The third kappa shape index (κ3) is 36.3. The molecule has 442 valence electrons. The van der Waals surface area contributed by atoms with E-state index in [0.717, 1.165) is 48.7 Å². The Morgan fingerprint density at radius 3 is 1.16 bits per heavy atom. The summed E-state index contributed by atoms with van der Waals surface area (Å²) in [5.41, 5.74) is 1.53. The lowest BCUT2D eigenvalue weighted by Crippen LogP contribution is -2.50. The molecule has 0 radical (unpaired) electrons. The summed E-state index contributed by atoms with van der Waals surface area (Å²) in [4.78, 5) is 47.9. The number of ether oxygens (including phenoxy) is 1. The molecule has 5 unspecified atom stereocenters. The third-order valence-corrected chi connectivity index (χ3v) is 75.7. The Bertz CT molecular complexity index is 1590. The standard InChI is InChI=1S/C44H122O12Si18/c1-38(2)44(45)49-27-26-28-58-53-68(12,13)31-29-57-43(72(20,21)48)37-64-56-74(24,25)42(36-61-52-67(9,10)11)40(71(18,19)47)34-63-55-73(22,23)41(35-60-51-66(6,7)8)39(70(16,17)46)33-62-54-69(14,15)32-30-59-50-65(3,4)5/h39-43,46-48H,1,26-37,57-64H2,2-25H3. The minimum Gasteiger partial charge on any atom is -0.462 e. The molecule has 0 saturated carbocycles. The highest BCUT2D eigenvalue weighted by Crippen LogP contribution is 2.48. The zero-order valence-corrected chi connectivity index (χ0v) is 74.1. The van der Waals surface area contributed by atoms with E-state index in [1.54, 1.807) is 6.92 Å². The van der Waals surface area contributed by atoms with Crippen LogP contribution in [0.2, 0.25) is 238 Å². The molecule has 0 saturated heterocycles. The Balaban J connectivity index is 6.36. The zero-order chi connectivity index (χ0) is 57.8. The van der Waals surface area contributed by atoms with Gasteiger partial charge in [-0.2, -0.15) is 0 Å². The average molecular weight is 1350 g/mol. The highest BCUT2D eigenvalue weighted by molar-refractivity contribution is 6.85. The first-order chi connectivity index (χ1) is 33.2. The maximum Gasteiger partial charge on any atom is 0.333 e. The maximum atomic E-state index is 12.4. The van der Waals surface area contributed by atoms with Crippen molar-refractivity contribution in [2.45, 2.75) is 252 Å². The Hall–Kier alpha value is 2.71. The topological polar surface area (TPSA) is 152 Å². The summed E-state index contributed by atoms with van der Waals surface area (Å²) >= 11 is 0. The molecule has 0 aliphatic rings. The van der Waals surface area contributed by atoms with Crippen molar-refractivity contribution >= 4 is 167 Å². The Morgan fingerprint density at radius 2 is 0.770 bits per heavy atom. The highest BCUT2D eigenvalue weighted by atomic mass is 28.4. The van der Waals surface area contributed by atoms with Crippen molar-refractivity contribution in [3.05, 3.63) is 12.2 Å². The van der Waals surface area contributed by atoms with E-state index in [0.29, 0.717) is 28.4 Å². The van der Waals surface area contributed by atoms with Gasteiger partial charge in [0.05, 0.1) is 6.61 Å².